The highest BCUT2D eigenvalue weighted by molar-refractivity contribution is 7.14. The molecule has 180 valence electrons. The first-order valence-corrected chi connectivity index (χ1v) is 12.5. The summed E-state index contributed by atoms with van der Waals surface area (Å²) in [6.45, 7) is 0.166. The van der Waals surface area contributed by atoms with Crippen LogP contribution in [0.1, 0.15) is 59.6 Å². The average molecular weight is 492 g/mol. The summed E-state index contributed by atoms with van der Waals surface area (Å²) in [6.07, 6.45) is 2.57. The number of carboxylic acids is 1. The molecule has 3 aromatic rings. The van der Waals surface area contributed by atoms with E-state index < -0.39 is 23.5 Å². The molecule has 2 aliphatic carbocycles. The second-order valence-corrected chi connectivity index (χ2v) is 9.75. The first-order chi connectivity index (χ1) is 17.0. The van der Waals surface area contributed by atoms with Crippen molar-refractivity contribution in [2.24, 2.45) is 0 Å². The number of carboxylic acid groups (broad SMARTS) is 1. The number of benzene rings is 2. The summed E-state index contributed by atoms with van der Waals surface area (Å²) >= 11 is 1.08. The smallest absolute Gasteiger partial charge is 0.413 e. The van der Waals surface area contributed by atoms with Crippen LogP contribution in [-0.4, -0.2) is 40.2 Å². The highest BCUT2D eigenvalue weighted by atomic mass is 32.1. The predicted octanol–water partition coefficient (Wildman–Crippen LogP) is 5.02. The standard InChI is InChI=1S/C26H25N3O5S/c30-22(29-26(23(31)32)12-6-1-7-13-26)21-15-35-24(27-21)28-25(33)34-14-20-18-10-4-2-8-16(18)17-9-3-5-11-19(17)20/h2-5,8-11,15,20H,1,6-7,12-14H2,(H,29,30)(H,31,32)(H,27,28,33). The Balaban J connectivity index is 1.21. The topological polar surface area (TPSA) is 118 Å². The van der Waals surface area contributed by atoms with Crippen molar-refractivity contribution in [2.75, 3.05) is 11.9 Å². The van der Waals surface area contributed by atoms with Gasteiger partial charge in [-0.15, -0.1) is 11.3 Å². The summed E-state index contributed by atoms with van der Waals surface area (Å²) in [5.74, 6) is -1.66. The van der Waals surface area contributed by atoms with Gasteiger partial charge in [-0.3, -0.25) is 10.1 Å². The van der Waals surface area contributed by atoms with Crippen molar-refractivity contribution in [3.05, 3.63) is 70.7 Å². The summed E-state index contributed by atoms with van der Waals surface area (Å²) in [5, 5.41) is 16.6. The van der Waals surface area contributed by atoms with Crippen molar-refractivity contribution in [1.82, 2.24) is 10.3 Å². The zero-order valence-corrected chi connectivity index (χ0v) is 19.8. The summed E-state index contributed by atoms with van der Waals surface area (Å²) in [4.78, 5) is 41.1. The van der Waals surface area contributed by atoms with E-state index in [0.29, 0.717) is 12.8 Å². The van der Waals surface area contributed by atoms with E-state index in [2.05, 4.69) is 27.8 Å². The van der Waals surface area contributed by atoms with Gasteiger partial charge >= 0.3 is 12.1 Å². The number of hydrogen-bond acceptors (Lipinski definition) is 6. The van der Waals surface area contributed by atoms with Crippen molar-refractivity contribution < 1.29 is 24.2 Å². The molecule has 1 aromatic heterocycles. The highest BCUT2D eigenvalue weighted by Crippen LogP contribution is 2.44. The maximum atomic E-state index is 12.7. The molecule has 0 unspecified atom stereocenters. The van der Waals surface area contributed by atoms with Gasteiger partial charge in [0.05, 0.1) is 0 Å². The van der Waals surface area contributed by atoms with E-state index in [0.717, 1.165) is 52.9 Å². The number of carbonyl (C=O) groups excluding carboxylic acids is 2. The molecule has 2 aliphatic rings. The third kappa shape index (κ3) is 4.51. The van der Waals surface area contributed by atoms with Gasteiger partial charge in [0.15, 0.2) is 5.13 Å². The third-order valence-corrected chi connectivity index (χ3v) is 7.52. The zero-order chi connectivity index (χ0) is 24.4. The van der Waals surface area contributed by atoms with Crippen molar-refractivity contribution >= 4 is 34.4 Å². The largest absolute Gasteiger partial charge is 0.480 e. The molecule has 35 heavy (non-hydrogen) atoms. The lowest BCUT2D eigenvalue weighted by Crippen LogP contribution is -2.55. The van der Waals surface area contributed by atoms with Crippen LogP contribution in [0.25, 0.3) is 11.1 Å². The Morgan fingerprint density at radius 2 is 1.63 bits per heavy atom. The lowest BCUT2D eigenvalue weighted by molar-refractivity contribution is -0.145. The van der Waals surface area contributed by atoms with Gasteiger partial charge in [0.25, 0.3) is 5.91 Å². The highest BCUT2D eigenvalue weighted by Gasteiger charge is 2.41. The number of aliphatic carboxylic acids is 1. The molecule has 5 rings (SSSR count). The molecule has 0 radical (unpaired) electrons. The number of carbonyl (C=O) groups is 3. The molecule has 2 amide bonds. The van der Waals surface area contributed by atoms with Crippen LogP contribution in [0, 0.1) is 0 Å². The number of nitrogens with zero attached hydrogens (tertiary/aromatic N) is 1. The number of rotatable bonds is 6. The Morgan fingerprint density at radius 3 is 2.26 bits per heavy atom. The van der Waals surface area contributed by atoms with Crippen LogP contribution in [0.5, 0.6) is 0 Å². The molecule has 0 saturated heterocycles. The number of nitrogens with one attached hydrogen (secondary N) is 2. The molecule has 0 spiro atoms. The SMILES string of the molecule is O=C(Nc1nc(C(=O)NC2(C(=O)O)CCCCC2)cs1)OCC1c2ccccc2-c2ccccc21. The van der Waals surface area contributed by atoms with Gasteiger partial charge in [0, 0.05) is 11.3 Å². The van der Waals surface area contributed by atoms with E-state index in [1.165, 1.54) is 5.38 Å². The van der Waals surface area contributed by atoms with E-state index in [9.17, 15) is 19.5 Å². The first kappa shape index (κ1) is 23.0. The maximum absolute atomic E-state index is 12.7. The van der Waals surface area contributed by atoms with Crippen molar-refractivity contribution in [1.29, 1.82) is 0 Å². The van der Waals surface area contributed by atoms with Gasteiger partial charge in [0.1, 0.15) is 17.8 Å². The average Bonchev–Trinajstić information content (AvgIpc) is 3.46. The van der Waals surface area contributed by atoms with Crippen LogP contribution >= 0.6 is 11.3 Å². The van der Waals surface area contributed by atoms with Crippen LogP contribution in [-0.2, 0) is 9.53 Å². The minimum atomic E-state index is -1.26. The number of aromatic nitrogens is 1. The lowest BCUT2D eigenvalue weighted by Gasteiger charge is -2.33. The fraction of sp³-hybridized carbons (Fsp3) is 0.308. The predicted molar refractivity (Wildman–Crippen MR) is 132 cm³/mol. The normalized spacial score (nSPS) is 16.1. The second kappa shape index (κ2) is 9.50. The monoisotopic (exact) mass is 491 g/mol. The van der Waals surface area contributed by atoms with Crippen molar-refractivity contribution in [3.8, 4) is 11.1 Å². The molecule has 3 N–H and O–H groups in total. The molecular formula is C26H25N3O5S. The number of thiazole rings is 1. The van der Waals surface area contributed by atoms with E-state index >= 15 is 0 Å². The zero-order valence-electron chi connectivity index (χ0n) is 19.0. The minimum Gasteiger partial charge on any atom is -0.480 e. The van der Waals surface area contributed by atoms with E-state index in [1.54, 1.807) is 0 Å². The maximum Gasteiger partial charge on any atom is 0.413 e. The molecule has 1 fully saturated rings. The molecule has 1 saturated carbocycles. The fourth-order valence-electron chi connectivity index (χ4n) is 4.99. The number of amides is 2. The Hall–Kier alpha value is -3.72. The molecule has 1 heterocycles. The van der Waals surface area contributed by atoms with Gasteiger partial charge < -0.3 is 15.2 Å². The third-order valence-electron chi connectivity index (χ3n) is 6.76. The Labute approximate surface area is 206 Å². The molecule has 0 aliphatic heterocycles. The van der Waals surface area contributed by atoms with Crippen LogP contribution in [0.2, 0.25) is 0 Å². The molecule has 8 nitrogen and oxygen atoms in total. The molecule has 9 heteroatoms. The summed E-state index contributed by atoms with van der Waals surface area (Å²) in [7, 11) is 0. The van der Waals surface area contributed by atoms with Gasteiger partial charge in [-0.1, -0.05) is 67.8 Å². The van der Waals surface area contributed by atoms with Crippen LogP contribution in [0.3, 0.4) is 0 Å². The lowest BCUT2D eigenvalue weighted by atomic mass is 9.81. The number of fused-ring (bicyclic) bond motifs is 3. The first-order valence-electron chi connectivity index (χ1n) is 11.6. The van der Waals surface area contributed by atoms with Crippen LogP contribution in [0.4, 0.5) is 9.93 Å². The fourth-order valence-corrected chi connectivity index (χ4v) is 5.66. The molecule has 0 bridgehead atoms. The Kier molecular flexibility index (Phi) is 6.25. The quantitative estimate of drug-likeness (QED) is 0.446. The summed E-state index contributed by atoms with van der Waals surface area (Å²) in [6, 6.07) is 16.2. The van der Waals surface area contributed by atoms with Crippen LogP contribution < -0.4 is 10.6 Å². The van der Waals surface area contributed by atoms with Crippen LogP contribution in [0.15, 0.2) is 53.9 Å². The van der Waals surface area contributed by atoms with Gasteiger partial charge in [-0.2, -0.15) is 0 Å². The van der Waals surface area contributed by atoms with Crippen molar-refractivity contribution in [2.45, 2.75) is 43.6 Å². The number of hydrogen-bond donors (Lipinski definition) is 3. The number of anilines is 1. The van der Waals surface area contributed by atoms with E-state index in [4.69, 9.17) is 4.74 Å². The minimum absolute atomic E-state index is 0.0616. The summed E-state index contributed by atoms with van der Waals surface area (Å²) in [5.41, 5.74) is 3.32. The molecule has 0 atom stereocenters. The van der Waals surface area contributed by atoms with Crippen molar-refractivity contribution in [3.63, 3.8) is 0 Å². The molecular weight excluding hydrogens is 466 g/mol. The van der Waals surface area contributed by atoms with E-state index in [1.807, 2.05) is 36.4 Å². The van der Waals surface area contributed by atoms with Gasteiger partial charge in [-0.05, 0) is 35.1 Å². The number of ether oxygens (including phenoxy) is 1. The molecule has 2 aromatic carbocycles. The summed E-state index contributed by atoms with van der Waals surface area (Å²) < 4.78 is 5.52. The van der Waals surface area contributed by atoms with Gasteiger partial charge in [-0.25, -0.2) is 14.6 Å². The Bertz CT molecular complexity index is 1240. The van der Waals surface area contributed by atoms with Gasteiger partial charge in [0.2, 0.25) is 0 Å². The van der Waals surface area contributed by atoms with E-state index in [-0.39, 0.29) is 23.4 Å². The Morgan fingerprint density at radius 1 is 1.00 bits per heavy atom. The second-order valence-electron chi connectivity index (χ2n) is 8.89.